The highest BCUT2D eigenvalue weighted by atomic mass is 32.2. The lowest BCUT2D eigenvalue weighted by molar-refractivity contribution is 0.0945. The van der Waals surface area contributed by atoms with Crippen molar-refractivity contribution in [2.24, 2.45) is 0 Å². The SMILES string of the molecule is COc1cccc(S(=O)(=O)NNC(=O)c2cnc3ccccc3c2)c1. The third-order valence-corrected chi connectivity index (χ3v) is 4.75. The van der Waals surface area contributed by atoms with E-state index in [0.717, 1.165) is 10.9 Å². The van der Waals surface area contributed by atoms with Crippen LogP contribution in [0.25, 0.3) is 10.9 Å². The first-order chi connectivity index (χ1) is 12.0. The maximum Gasteiger partial charge on any atom is 0.267 e. The van der Waals surface area contributed by atoms with E-state index >= 15 is 0 Å². The van der Waals surface area contributed by atoms with Crippen LogP contribution in [0.2, 0.25) is 0 Å². The number of benzene rings is 2. The summed E-state index contributed by atoms with van der Waals surface area (Å²) < 4.78 is 29.5. The fourth-order valence-corrected chi connectivity index (χ4v) is 3.08. The second-order valence-electron chi connectivity index (χ2n) is 5.16. The maximum absolute atomic E-state index is 12.3. The first-order valence-electron chi connectivity index (χ1n) is 7.30. The van der Waals surface area contributed by atoms with Gasteiger partial charge in [-0.15, -0.1) is 4.83 Å². The number of hydrazine groups is 1. The number of sulfonamides is 1. The number of hydrogen-bond donors (Lipinski definition) is 2. The monoisotopic (exact) mass is 357 g/mol. The molecular weight excluding hydrogens is 342 g/mol. The topological polar surface area (TPSA) is 97.4 Å². The minimum atomic E-state index is -3.92. The fraction of sp³-hybridized carbons (Fsp3) is 0.0588. The maximum atomic E-state index is 12.3. The zero-order chi connectivity index (χ0) is 17.9. The summed E-state index contributed by atoms with van der Waals surface area (Å²) in [7, 11) is -2.48. The summed E-state index contributed by atoms with van der Waals surface area (Å²) in [6.07, 6.45) is 1.39. The van der Waals surface area contributed by atoms with E-state index in [9.17, 15) is 13.2 Å². The molecule has 0 saturated heterocycles. The van der Waals surface area contributed by atoms with Crippen molar-refractivity contribution in [1.29, 1.82) is 0 Å². The van der Waals surface area contributed by atoms with E-state index in [0.29, 0.717) is 5.75 Å². The second-order valence-corrected chi connectivity index (χ2v) is 6.84. The van der Waals surface area contributed by atoms with E-state index < -0.39 is 15.9 Å². The van der Waals surface area contributed by atoms with E-state index in [1.807, 2.05) is 24.3 Å². The molecule has 0 atom stereocenters. The minimum absolute atomic E-state index is 0.0243. The zero-order valence-corrected chi connectivity index (χ0v) is 14.1. The van der Waals surface area contributed by atoms with Crippen LogP contribution in [0.5, 0.6) is 5.75 Å². The van der Waals surface area contributed by atoms with Gasteiger partial charge in [-0.2, -0.15) is 0 Å². The number of nitrogens with zero attached hydrogens (tertiary/aromatic N) is 1. The largest absolute Gasteiger partial charge is 0.497 e. The third kappa shape index (κ3) is 3.76. The van der Waals surface area contributed by atoms with Crippen molar-refractivity contribution < 1.29 is 17.9 Å². The summed E-state index contributed by atoms with van der Waals surface area (Å²) in [5, 5.41) is 0.783. The van der Waals surface area contributed by atoms with Crippen molar-refractivity contribution in [2.75, 3.05) is 7.11 Å². The second kappa shape index (κ2) is 6.88. The number of carbonyl (C=O) groups excluding carboxylic acids is 1. The minimum Gasteiger partial charge on any atom is -0.497 e. The lowest BCUT2D eigenvalue weighted by atomic mass is 10.1. The van der Waals surface area contributed by atoms with Gasteiger partial charge in [-0.05, 0) is 24.3 Å². The van der Waals surface area contributed by atoms with Crippen molar-refractivity contribution in [3.05, 3.63) is 66.4 Å². The van der Waals surface area contributed by atoms with E-state index in [4.69, 9.17) is 4.74 Å². The molecule has 2 N–H and O–H groups in total. The quantitative estimate of drug-likeness (QED) is 0.680. The number of rotatable bonds is 5. The van der Waals surface area contributed by atoms with E-state index in [-0.39, 0.29) is 10.5 Å². The molecule has 1 amide bonds. The van der Waals surface area contributed by atoms with Crippen molar-refractivity contribution in [1.82, 2.24) is 15.2 Å². The van der Waals surface area contributed by atoms with Crippen molar-refractivity contribution in [3.63, 3.8) is 0 Å². The molecule has 0 aliphatic carbocycles. The smallest absolute Gasteiger partial charge is 0.267 e. The number of nitrogens with one attached hydrogen (secondary N) is 2. The number of fused-ring (bicyclic) bond motifs is 1. The highest BCUT2D eigenvalue weighted by Crippen LogP contribution is 2.16. The molecule has 0 spiro atoms. The van der Waals surface area contributed by atoms with Gasteiger partial charge in [-0.25, -0.2) is 8.42 Å². The highest BCUT2D eigenvalue weighted by Gasteiger charge is 2.16. The first-order valence-corrected chi connectivity index (χ1v) is 8.79. The molecule has 0 fully saturated rings. The van der Waals surface area contributed by atoms with Gasteiger partial charge >= 0.3 is 0 Å². The molecule has 0 aliphatic rings. The molecule has 2 aromatic carbocycles. The zero-order valence-electron chi connectivity index (χ0n) is 13.3. The van der Waals surface area contributed by atoms with Crippen molar-refractivity contribution in [2.45, 2.75) is 4.90 Å². The fourth-order valence-electron chi connectivity index (χ4n) is 2.21. The molecule has 0 saturated carbocycles. The standard InChI is InChI=1S/C17H15N3O4S/c1-24-14-6-4-7-15(10-14)25(22,23)20-19-17(21)13-9-12-5-2-3-8-16(12)18-11-13/h2-11,20H,1H3,(H,19,21). The van der Waals surface area contributed by atoms with Gasteiger partial charge in [0.05, 0.1) is 23.1 Å². The Morgan fingerprint density at radius 1 is 1.08 bits per heavy atom. The predicted octanol–water partition coefficient (Wildman–Crippen LogP) is 1.87. The lowest BCUT2D eigenvalue weighted by Crippen LogP contribution is -2.41. The number of methoxy groups -OCH3 is 1. The van der Waals surface area contributed by atoms with Crippen LogP contribution in [0.15, 0.2) is 65.7 Å². The Morgan fingerprint density at radius 2 is 1.88 bits per heavy atom. The molecule has 0 aliphatic heterocycles. The van der Waals surface area contributed by atoms with Crippen LogP contribution < -0.4 is 15.0 Å². The summed E-state index contributed by atoms with van der Waals surface area (Å²) in [6.45, 7) is 0. The number of aromatic nitrogens is 1. The number of ether oxygens (including phenoxy) is 1. The summed E-state index contributed by atoms with van der Waals surface area (Å²) in [5.74, 6) is -0.211. The summed E-state index contributed by atoms with van der Waals surface area (Å²) >= 11 is 0. The normalized spacial score (nSPS) is 11.2. The Bertz CT molecular complexity index is 1030. The molecule has 0 unspecified atom stereocenters. The average molecular weight is 357 g/mol. The van der Waals surface area contributed by atoms with Crippen LogP contribution in [-0.2, 0) is 10.0 Å². The molecule has 3 rings (SSSR count). The van der Waals surface area contributed by atoms with Crippen LogP contribution in [0.4, 0.5) is 0 Å². The van der Waals surface area contributed by atoms with E-state index in [2.05, 4.69) is 15.2 Å². The Kier molecular flexibility index (Phi) is 4.64. The van der Waals surface area contributed by atoms with Crippen LogP contribution in [0.1, 0.15) is 10.4 Å². The number of hydrogen-bond acceptors (Lipinski definition) is 5. The van der Waals surface area contributed by atoms with E-state index in [1.165, 1.54) is 25.4 Å². The molecule has 1 heterocycles. The molecule has 7 nitrogen and oxygen atoms in total. The molecular formula is C17H15N3O4S. The summed E-state index contributed by atoms with van der Waals surface area (Å²) in [4.78, 5) is 18.4. The Morgan fingerprint density at radius 3 is 2.68 bits per heavy atom. The van der Waals surface area contributed by atoms with Gasteiger partial charge in [0.1, 0.15) is 5.75 Å². The number of carbonyl (C=O) groups is 1. The lowest BCUT2D eigenvalue weighted by Gasteiger charge is -2.09. The van der Waals surface area contributed by atoms with Crippen LogP contribution in [0.3, 0.4) is 0 Å². The van der Waals surface area contributed by atoms with Gasteiger partial charge < -0.3 is 4.74 Å². The molecule has 25 heavy (non-hydrogen) atoms. The molecule has 3 aromatic rings. The number of para-hydroxylation sites is 1. The third-order valence-electron chi connectivity index (χ3n) is 3.50. The molecule has 0 radical (unpaired) electrons. The highest BCUT2D eigenvalue weighted by molar-refractivity contribution is 7.89. The summed E-state index contributed by atoms with van der Waals surface area (Å²) in [5.41, 5.74) is 3.17. The van der Waals surface area contributed by atoms with Gasteiger partial charge in [-0.1, -0.05) is 24.3 Å². The van der Waals surface area contributed by atoms with Crippen molar-refractivity contribution >= 4 is 26.8 Å². The van der Waals surface area contributed by atoms with Gasteiger partial charge in [0.25, 0.3) is 15.9 Å². The molecule has 8 heteroatoms. The molecule has 0 bridgehead atoms. The number of pyridine rings is 1. The average Bonchev–Trinajstić information content (AvgIpc) is 2.65. The molecule has 128 valence electrons. The Labute approximate surface area is 144 Å². The van der Waals surface area contributed by atoms with Crippen molar-refractivity contribution in [3.8, 4) is 5.75 Å². The van der Waals surface area contributed by atoms with Crippen LogP contribution >= 0.6 is 0 Å². The summed E-state index contributed by atoms with van der Waals surface area (Å²) in [6, 6.07) is 14.9. The first kappa shape index (κ1) is 16.9. The van der Waals surface area contributed by atoms with E-state index in [1.54, 1.807) is 18.2 Å². The van der Waals surface area contributed by atoms with Gasteiger partial charge in [0.2, 0.25) is 0 Å². The van der Waals surface area contributed by atoms with Gasteiger partial charge in [-0.3, -0.25) is 15.2 Å². The van der Waals surface area contributed by atoms with Gasteiger partial charge in [0, 0.05) is 17.6 Å². The van der Waals surface area contributed by atoms with Crippen LogP contribution in [0, 0.1) is 0 Å². The Balaban J connectivity index is 1.75. The van der Waals surface area contributed by atoms with Gasteiger partial charge in [0.15, 0.2) is 0 Å². The predicted molar refractivity (Wildman–Crippen MR) is 92.5 cm³/mol. The van der Waals surface area contributed by atoms with Crippen LogP contribution in [-0.4, -0.2) is 26.4 Å². The number of amides is 1. The Hall–Kier alpha value is -2.97. The molecule has 1 aromatic heterocycles.